The summed E-state index contributed by atoms with van der Waals surface area (Å²) in [5.41, 5.74) is 0. The predicted octanol–water partition coefficient (Wildman–Crippen LogP) is 0.0828. The maximum Gasteiger partial charge on any atom is 0.214 e. The molecule has 0 spiro atoms. The van der Waals surface area contributed by atoms with E-state index < -0.39 is 10.0 Å². The highest BCUT2D eigenvalue weighted by molar-refractivity contribution is 7.90. The first-order valence-electron chi connectivity index (χ1n) is 5.83. The summed E-state index contributed by atoms with van der Waals surface area (Å²) < 4.78 is 30.9. The summed E-state index contributed by atoms with van der Waals surface area (Å²) in [4.78, 5) is 0. The van der Waals surface area contributed by atoms with Crippen molar-refractivity contribution in [1.29, 1.82) is 0 Å². The number of nitrogens with one attached hydrogen (secondary N) is 2. The van der Waals surface area contributed by atoms with Gasteiger partial charge in [0.05, 0.1) is 18.0 Å². The van der Waals surface area contributed by atoms with Gasteiger partial charge in [-0.1, -0.05) is 0 Å². The van der Waals surface area contributed by atoms with Gasteiger partial charge in [0.2, 0.25) is 10.0 Å². The molecule has 0 aromatic carbocycles. The summed E-state index contributed by atoms with van der Waals surface area (Å²) in [6.45, 7) is 6.12. The van der Waals surface area contributed by atoms with Crippen molar-refractivity contribution in [2.24, 2.45) is 0 Å². The maximum absolute atomic E-state index is 11.4. The molecule has 0 amide bonds. The van der Waals surface area contributed by atoms with Crippen molar-refractivity contribution in [3.8, 4) is 0 Å². The zero-order chi connectivity index (χ0) is 12.0. The average Bonchev–Trinajstić information content (AvgIpc) is 2.26. The third-order valence-corrected chi connectivity index (χ3v) is 4.51. The van der Waals surface area contributed by atoms with Crippen molar-refractivity contribution < 1.29 is 13.2 Å². The van der Waals surface area contributed by atoms with E-state index in [1.54, 1.807) is 13.8 Å². The topological polar surface area (TPSA) is 67.4 Å². The molecule has 0 aromatic heterocycles. The van der Waals surface area contributed by atoms with E-state index >= 15 is 0 Å². The minimum absolute atomic E-state index is 0.282. The predicted molar refractivity (Wildman–Crippen MR) is 63.9 cm³/mol. The first-order valence-corrected chi connectivity index (χ1v) is 7.38. The maximum atomic E-state index is 11.4. The molecule has 0 radical (unpaired) electrons. The lowest BCUT2D eigenvalue weighted by Crippen LogP contribution is -2.36. The van der Waals surface area contributed by atoms with Gasteiger partial charge in [0.1, 0.15) is 0 Å². The molecule has 0 aliphatic carbocycles. The number of piperidine rings is 1. The lowest BCUT2D eigenvalue weighted by atomic mass is 10.1. The van der Waals surface area contributed by atoms with Gasteiger partial charge >= 0.3 is 0 Å². The Labute approximate surface area is 98.0 Å². The van der Waals surface area contributed by atoms with Crippen LogP contribution in [-0.4, -0.2) is 46.0 Å². The van der Waals surface area contributed by atoms with Gasteiger partial charge in [-0.25, -0.2) is 13.1 Å². The SMILES string of the molecule is CC(C)S(=O)(=O)NCCOC1CCNCC1. The van der Waals surface area contributed by atoms with E-state index in [0.717, 1.165) is 25.9 Å². The van der Waals surface area contributed by atoms with Gasteiger partial charge in [0.15, 0.2) is 0 Å². The van der Waals surface area contributed by atoms with Crippen LogP contribution in [0, 0.1) is 0 Å². The van der Waals surface area contributed by atoms with Crippen LogP contribution in [0.5, 0.6) is 0 Å². The van der Waals surface area contributed by atoms with Gasteiger partial charge in [-0.2, -0.15) is 0 Å². The molecule has 5 nitrogen and oxygen atoms in total. The lowest BCUT2D eigenvalue weighted by Gasteiger charge is -2.23. The number of rotatable bonds is 6. The molecule has 1 aliphatic rings. The molecular weight excluding hydrogens is 228 g/mol. The first-order chi connectivity index (χ1) is 7.52. The Morgan fingerprint density at radius 3 is 2.56 bits per heavy atom. The summed E-state index contributed by atoms with van der Waals surface area (Å²) in [6.07, 6.45) is 2.30. The molecule has 16 heavy (non-hydrogen) atoms. The molecule has 0 bridgehead atoms. The molecule has 0 atom stereocenters. The second-order valence-electron chi connectivity index (χ2n) is 4.31. The second kappa shape index (κ2) is 6.54. The van der Waals surface area contributed by atoms with Gasteiger partial charge in [-0.05, 0) is 39.8 Å². The van der Waals surface area contributed by atoms with Crippen molar-refractivity contribution in [2.75, 3.05) is 26.2 Å². The highest BCUT2D eigenvalue weighted by Crippen LogP contribution is 2.06. The molecule has 1 fully saturated rings. The van der Waals surface area contributed by atoms with Crippen LogP contribution < -0.4 is 10.0 Å². The van der Waals surface area contributed by atoms with Crippen LogP contribution in [0.2, 0.25) is 0 Å². The lowest BCUT2D eigenvalue weighted by molar-refractivity contribution is 0.0366. The Balaban J connectivity index is 2.11. The van der Waals surface area contributed by atoms with Gasteiger partial charge < -0.3 is 10.1 Å². The molecule has 1 aliphatic heterocycles. The van der Waals surface area contributed by atoms with Crippen molar-refractivity contribution in [3.63, 3.8) is 0 Å². The van der Waals surface area contributed by atoms with Crippen LogP contribution in [0.15, 0.2) is 0 Å². The monoisotopic (exact) mass is 250 g/mol. The zero-order valence-corrected chi connectivity index (χ0v) is 10.8. The molecule has 0 unspecified atom stereocenters. The molecule has 96 valence electrons. The molecule has 1 rings (SSSR count). The molecule has 1 heterocycles. The fraction of sp³-hybridized carbons (Fsp3) is 1.00. The van der Waals surface area contributed by atoms with Crippen molar-refractivity contribution in [3.05, 3.63) is 0 Å². The average molecular weight is 250 g/mol. The van der Waals surface area contributed by atoms with Crippen LogP contribution in [0.1, 0.15) is 26.7 Å². The summed E-state index contributed by atoms with van der Waals surface area (Å²) in [5, 5.41) is 2.87. The Morgan fingerprint density at radius 1 is 1.38 bits per heavy atom. The highest BCUT2D eigenvalue weighted by Gasteiger charge is 2.16. The highest BCUT2D eigenvalue weighted by atomic mass is 32.2. The Kier molecular flexibility index (Phi) is 5.68. The van der Waals surface area contributed by atoms with Crippen LogP contribution >= 0.6 is 0 Å². The van der Waals surface area contributed by atoms with Gasteiger partial charge in [-0.15, -0.1) is 0 Å². The van der Waals surface area contributed by atoms with E-state index in [9.17, 15) is 8.42 Å². The van der Waals surface area contributed by atoms with E-state index in [0.29, 0.717) is 13.2 Å². The Hall–Kier alpha value is -0.170. The second-order valence-corrected chi connectivity index (χ2v) is 6.63. The van der Waals surface area contributed by atoms with E-state index in [1.165, 1.54) is 0 Å². The number of sulfonamides is 1. The summed E-state index contributed by atoms with van der Waals surface area (Å²) in [7, 11) is -3.14. The summed E-state index contributed by atoms with van der Waals surface area (Å²) >= 11 is 0. The van der Waals surface area contributed by atoms with E-state index in [4.69, 9.17) is 4.74 Å². The fourth-order valence-corrected chi connectivity index (χ4v) is 2.24. The molecular formula is C10H22N2O3S. The van der Waals surface area contributed by atoms with Gasteiger partial charge in [0.25, 0.3) is 0 Å². The van der Waals surface area contributed by atoms with Gasteiger partial charge in [-0.3, -0.25) is 0 Å². The first kappa shape index (κ1) is 13.9. The van der Waals surface area contributed by atoms with Crippen LogP contribution in [0.25, 0.3) is 0 Å². The standard InChI is InChI=1S/C10H22N2O3S/c1-9(2)16(13,14)12-7-8-15-10-3-5-11-6-4-10/h9-12H,3-8H2,1-2H3. The third kappa shape index (κ3) is 4.78. The van der Waals surface area contributed by atoms with Crippen molar-refractivity contribution in [1.82, 2.24) is 10.0 Å². The quantitative estimate of drug-likeness (QED) is 0.655. The molecule has 1 saturated heterocycles. The summed E-state index contributed by atoms with van der Waals surface area (Å²) in [5.74, 6) is 0. The smallest absolute Gasteiger partial charge is 0.214 e. The van der Waals surface area contributed by atoms with E-state index in [2.05, 4.69) is 10.0 Å². The minimum atomic E-state index is -3.14. The Morgan fingerprint density at radius 2 is 2.00 bits per heavy atom. The van der Waals surface area contributed by atoms with E-state index in [-0.39, 0.29) is 11.4 Å². The van der Waals surface area contributed by atoms with Gasteiger partial charge in [0, 0.05) is 6.54 Å². The largest absolute Gasteiger partial charge is 0.377 e. The van der Waals surface area contributed by atoms with Crippen LogP contribution in [0.4, 0.5) is 0 Å². The fourth-order valence-electron chi connectivity index (χ4n) is 1.54. The van der Waals surface area contributed by atoms with Crippen LogP contribution in [0.3, 0.4) is 0 Å². The van der Waals surface area contributed by atoms with Crippen molar-refractivity contribution in [2.45, 2.75) is 38.0 Å². The molecule has 0 saturated carbocycles. The zero-order valence-electron chi connectivity index (χ0n) is 10.0. The Bertz CT molecular complexity index is 284. The third-order valence-electron chi connectivity index (χ3n) is 2.67. The molecule has 6 heteroatoms. The minimum Gasteiger partial charge on any atom is -0.377 e. The number of hydrogen-bond donors (Lipinski definition) is 2. The van der Waals surface area contributed by atoms with Crippen molar-refractivity contribution >= 4 is 10.0 Å². The molecule has 2 N–H and O–H groups in total. The van der Waals surface area contributed by atoms with Crippen LogP contribution in [-0.2, 0) is 14.8 Å². The molecule has 0 aromatic rings. The number of ether oxygens (including phenoxy) is 1. The summed E-state index contributed by atoms with van der Waals surface area (Å²) in [6, 6.07) is 0. The number of hydrogen-bond acceptors (Lipinski definition) is 4. The van der Waals surface area contributed by atoms with E-state index in [1.807, 2.05) is 0 Å². The normalized spacial score (nSPS) is 19.2.